The number of hydrogen-bond donors (Lipinski definition) is 1. The Morgan fingerprint density at radius 2 is 1.92 bits per heavy atom. The van der Waals surface area contributed by atoms with Crippen LogP contribution in [0.3, 0.4) is 0 Å². The molecule has 1 amide bonds. The Balaban J connectivity index is 1.50. The molecule has 1 aromatic heterocycles. The highest BCUT2D eigenvalue weighted by Gasteiger charge is 2.07. The van der Waals surface area contributed by atoms with Gasteiger partial charge in [0, 0.05) is 28.7 Å². The second kappa shape index (κ2) is 8.49. The standard InChI is InChI=1S/C20H20N2O3S/c1-14-13-26-20(22-14)15-7-9-17(10-8-15)25-12-19(23)21-11-16-5-3-4-6-18(16)24-2/h3-10,13H,11-12H2,1-2H3,(H,21,23). The molecule has 0 aliphatic carbocycles. The Labute approximate surface area is 156 Å². The molecule has 0 saturated heterocycles. The number of carbonyl (C=O) groups excluding carboxylic acids is 1. The van der Waals surface area contributed by atoms with Crippen molar-refractivity contribution in [1.82, 2.24) is 10.3 Å². The molecule has 0 fully saturated rings. The summed E-state index contributed by atoms with van der Waals surface area (Å²) in [5.74, 6) is 1.21. The number of thiazole rings is 1. The first-order valence-corrected chi connectivity index (χ1v) is 9.07. The first kappa shape index (κ1) is 17.9. The van der Waals surface area contributed by atoms with Crippen LogP contribution in [0.1, 0.15) is 11.3 Å². The largest absolute Gasteiger partial charge is 0.496 e. The van der Waals surface area contributed by atoms with Gasteiger partial charge < -0.3 is 14.8 Å². The molecule has 0 aliphatic rings. The van der Waals surface area contributed by atoms with E-state index in [4.69, 9.17) is 9.47 Å². The molecule has 0 atom stereocenters. The van der Waals surface area contributed by atoms with Crippen molar-refractivity contribution in [2.45, 2.75) is 13.5 Å². The molecule has 0 bridgehead atoms. The van der Waals surface area contributed by atoms with Crippen LogP contribution in [0, 0.1) is 6.92 Å². The zero-order valence-electron chi connectivity index (χ0n) is 14.7. The van der Waals surface area contributed by atoms with E-state index in [9.17, 15) is 4.79 Å². The van der Waals surface area contributed by atoms with E-state index < -0.39 is 0 Å². The maximum Gasteiger partial charge on any atom is 0.258 e. The summed E-state index contributed by atoms with van der Waals surface area (Å²) in [6.07, 6.45) is 0. The van der Waals surface area contributed by atoms with Gasteiger partial charge in [-0.25, -0.2) is 4.98 Å². The summed E-state index contributed by atoms with van der Waals surface area (Å²) < 4.78 is 10.8. The number of rotatable bonds is 7. The highest BCUT2D eigenvalue weighted by molar-refractivity contribution is 7.13. The molecular weight excluding hydrogens is 348 g/mol. The summed E-state index contributed by atoms with van der Waals surface area (Å²) in [6.45, 7) is 2.33. The predicted molar refractivity (Wildman–Crippen MR) is 103 cm³/mol. The molecule has 2 aromatic carbocycles. The number of nitrogens with one attached hydrogen (secondary N) is 1. The summed E-state index contributed by atoms with van der Waals surface area (Å²) in [6, 6.07) is 15.2. The highest BCUT2D eigenvalue weighted by atomic mass is 32.1. The maximum atomic E-state index is 12.0. The monoisotopic (exact) mass is 368 g/mol. The molecule has 1 N–H and O–H groups in total. The number of amides is 1. The minimum absolute atomic E-state index is 0.0368. The lowest BCUT2D eigenvalue weighted by molar-refractivity contribution is -0.123. The van der Waals surface area contributed by atoms with Gasteiger partial charge in [-0.3, -0.25) is 4.79 Å². The van der Waals surface area contributed by atoms with Gasteiger partial charge in [0.1, 0.15) is 16.5 Å². The van der Waals surface area contributed by atoms with Crippen molar-refractivity contribution in [3.8, 4) is 22.1 Å². The van der Waals surface area contributed by atoms with Crippen LogP contribution in [-0.2, 0) is 11.3 Å². The molecule has 26 heavy (non-hydrogen) atoms. The van der Waals surface area contributed by atoms with Crippen molar-refractivity contribution in [3.63, 3.8) is 0 Å². The van der Waals surface area contributed by atoms with Crippen molar-refractivity contribution >= 4 is 17.2 Å². The maximum absolute atomic E-state index is 12.0. The molecule has 1 heterocycles. The topological polar surface area (TPSA) is 60.5 Å². The van der Waals surface area contributed by atoms with Crippen molar-refractivity contribution < 1.29 is 14.3 Å². The van der Waals surface area contributed by atoms with Gasteiger partial charge in [0.15, 0.2) is 6.61 Å². The van der Waals surface area contributed by atoms with Gasteiger partial charge in [-0.1, -0.05) is 18.2 Å². The van der Waals surface area contributed by atoms with Gasteiger partial charge in [-0.05, 0) is 37.3 Å². The molecule has 0 unspecified atom stereocenters. The van der Waals surface area contributed by atoms with E-state index in [0.717, 1.165) is 27.6 Å². The van der Waals surface area contributed by atoms with E-state index in [-0.39, 0.29) is 12.5 Å². The van der Waals surface area contributed by atoms with Crippen LogP contribution >= 0.6 is 11.3 Å². The lowest BCUT2D eigenvalue weighted by atomic mass is 10.2. The number of carbonyl (C=O) groups is 1. The minimum atomic E-state index is -0.185. The third kappa shape index (κ3) is 4.61. The molecule has 3 aromatic rings. The summed E-state index contributed by atoms with van der Waals surface area (Å²) in [4.78, 5) is 16.5. The van der Waals surface area contributed by atoms with Crippen LogP contribution in [-0.4, -0.2) is 24.6 Å². The van der Waals surface area contributed by atoms with Crippen molar-refractivity contribution in [3.05, 3.63) is 65.2 Å². The molecule has 0 saturated carbocycles. The quantitative estimate of drug-likeness (QED) is 0.689. The van der Waals surface area contributed by atoms with Gasteiger partial charge in [-0.2, -0.15) is 0 Å². The Morgan fingerprint density at radius 1 is 1.15 bits per heavy atom. The van der Waals surface area contributed by atoms with E-state index >= 15 is 0 Å². The summed E-state index contributed by atoms with van der Waals surface area (Å²) >= 11 is 1.61. The number of hydrogen-bond acceptors (Lipinski definition) is 5. The molecular formula is C20H20N2O3S. The van der Waals surface area contributed by atoms with Gasteiger partial charge in [0.05, 0.1) is 7.11 Å². The van der Waals surface area contributed by atoms with Crippen LogP contribution in [0.25, 0.3) is 10.6 Å². The number of methoxy groups -OCH3 is 1. The van der Waals surface area contributed by atoms with Crippen LogP contribution in [0.5, 0.6) is 11.5 Å². The number of ether oxygens (including phenoxy) is 2. The van der Waals surface area contributed by atoms with Crippen LogP contribution in [0.15, 0.2) is 53.9 Å². The van der Waals surface area contributed by atoms with Crippen molar-refractivity contribution in [2.75, 3.05) is 13.7 Å². The van der Waals surface area contributed by atoms with E-state index in [1.165, 1.54) is 0 Å². The van der Waals surface area contributed by atoms with Crippen molar-refractivity contribution in [2.24, 2.45) is 0 Å². The minimum Gasteiger partial charge on any atom is -0.496 e. The fourth-order valence-electron chi connectivity index (χ4n) is 2.42. The summed E-state index contributed by atoms with van der Waals surface area (Å²) in [5.41, 5.74) is 2.97. The second-order valence-electron chi connectivity index (χ2n) is 5.70. The summed E-state index contributed by atoms with van der Waals surface area (Å²) in [5, 5.41) is 5.83. The molecule has 5 nitrogen and oxygen atoms in total. The van der Waals surface area contributed by atoms with Crippen LogP contribution in [0.4, 0.5) is 0 Å². The third-order valence-electron chi connectivity index (χ3n) is 3.76. The molecule has 0 aliphatic heterocycles. The van der Waals surface area contributed by atoms with Crippen LogP contribution in [0.2, 0.25) is 0 Å². The fourth-order valence-corrected chi connectivity index (χ4v) is 3.23. The van der Waals surface area contributed by atoms with E-state index in [1.807, 2.05) is 60.8 Å². The van der Waals surface area contributed by atoms with Gasteiger partial charge >= 0.3 is 0 Å². The zero-order valence-corrected chi connectivity index (χ0v) is 15.5. The average Bonchev–Trinajstić information content (AvgIpc) is 3.11. The molecule has 0 spiro atoms. The lowest BCUT2D eigenvalue weighted by Crippen LogP contribution is -2.28. The molecule has 3 rings (SSSR count). The Hall–Kier alpha value is -2.86. The molecule has 6 heteroatoms. The van der Waals surface area contributed by atoms with E-state index in [1.54, 1.807) is 18.4 Å². The zero-order chi connectivity index (χ0) is 18.4. The first-order chi connectivity index (χ1) is 12.7. The second-order valence-corrected chi connectivity index (χ2v) is 6.55. The lowest BCUT2D eigenvalue weighted by Gasteiger charge is -2.10. The molecule has 134 valence electrons. The van der Waals surface area contributed by atoms with E-state index in [0.29, 0.717) is 12.3 Å². The molecule has 0 radical (unpaired) electrons. The van der Waals surface area contributed by atoms with Crippen molar-refractivity contribution in [1.29, 1.82) is 0 Å². The first-order valence-electron chi connectivity index (χ1n) is 8.19. The van der Waals surface area contributed by atoms with Gasteiger partial charge in [-0.15, -0.1) is 11.3 Å². The SMILES string of the molecule is COc1ccccc1CNC(=O)COc1ccc(-c2nc(C)cs2)cc1. The van der Waals surface area contributed by atoms with E-state index in [2.05, 4.69) is 10.3 Å². The average molecular weight is 368 g/mol. The number of aromatic nitrogens is 1. The number of benzene rings is 2. The predicted octanol–water partition coefficient (Wildman–Crippen LogP) is 3.82. The normalized spacial score (nSPS) is 10.4. The Bertz CT molecular complexity index is 875. The fraction of sp³-hybridized carbons (Fsp3) is 0.200. The summed E-state index contributed by atoms with van der Waals surface area (Å²) in [7, 11) is 1.61. The van der Waals surface area contributed by atoms with Crippen LogP contribution < -0.4 is 14.8 Å². The number of aryl methyl sites for hydroxylation is 1. The number of para-hydroxylation sites is 1. The van der Waals surface area contributed by atoms with Gasteiger partial charge in [0.25, 0.3) is 5.91 Å². The third-order valence-corrected chi connectivity index (χ3v) is 4.77. The Kier molecular flexibility index (Phi) is 5.86. The highest BCUT2D eigenvalue weighted by Crippen LogP contribution is 2.25. The Morgan fingerprint density at radius 3 is 2.62 bits per heavy atom. The van der Waals surface area contributed by atoms with Gasteiger partial charge in [0.2, 0.25) is 0 Å². The smallest absolute Gasteiger partial charge is 0.258 e. The number of nitrogens with zero attached hydrogens (tertiary/aromatic N) is 1.